The molecule has 2 unspecified atom stereocenters. The van der Waals surface area contributed by atoms with Crippen molar-refractivity contribution in [1.82, 2.24) is 21.1 Å². The number of primary amides is 1. The highest BCUT2D eigenvalue weighted by Gasteiger charge is 2.36. The molecule has 6 N–H and O–H groups in total. The van der Waals surface area contributed by atoms with Crippen molar-refractivity contribution in [2.24, 2.45) is 10.7 Å². The summed E-state index contributed by atoms with van der Waals surface area (Å²) in [6.45, 7) is 5.26. The fourth-order valence-electron chi connectivity index (χ4n) is 2.27. The fourth-order valence-corrected chi connectivity index (χ4v) is 3.34. The Morgan fingerprint density at radius 1 is 1.48 bits per heavy atom. The number of aliphatic imine (C=N–C) groups is 1. The Labute approximate surface area is 162 Å². The van der Waals surface area contributed by atoms with Crippen LogP contribution in [0.15, 0.2) is 29.2 Å². The Hall–Kier alpha value is -2.53. The molecule has 0 fully saturated rings. The van der Waals surface area contributed by atoms with Crippen LogP contribution < -0.4 is 21.8 Å². The predicted molar refractivity (Wildman–Crippen MR) is 105 cm³/mol. The molecule has 0 spiro atoms. The van der Waals surface area contributed by atoms with E-state index >= 15 is 0 Å². The quantitative estimate of drug-likeness (QED) is 0.302. The van der Waals surface area contributed by atoms with Gasteiger partial charge in [0.2, 0.25) is 0 Å². The summed E-state index contributed by atoms with van der Waals surface area (Å²) in [6.07, 6.45) is 5.50. The van der Waals surface area contributed by atoms with E-state index in [2.05, 4.69) is 21.1 Å². The van der Waals surface area contributed by atoms with E-state index in [4.69, 9.17) is 15.9 Å². The van der Waals surface area contributed by atoms with Crippen molar-refractivity contribution in [2.45, 2.75) is 37.8 Å². The maximum atomic E-state index is 11.9. The number of hydrogen-bond donors (Lipinski definition) is 5. The van der Waals surface area contributed by atoms with Crippen LogP contribution in [0.5, 0.6) is 0 Å². The fraction of sp³-hybridized carbons (Fsp3) is 0.500. The van der Waals surface area contributed by atoms with Crippen LogP contribution in [0.3, 0.4) is 0 Å². The Balaban J connectivity index is 2.02. The minimum atomic E-state index is -0.854. The van der Waals surface area contributed by atoms with Gasteiger partial charge < -0.3 is 15.8 Å². The van der Waals surface area contributed by atoms with Crippen molar-refractivity contribution in [3.8, 4) is 0 Å². The van der Waals surface area contributed by atoms with E-state index in [1.54, 1.807) is 25.8 Å². The lowest BCUT2D eigenvalue weighted by molar-refractivity contribution is -0.153. The third-order valence-corrected chi connectivity index (χ3v) is 4.43. The summed E-state index contributed by atoms with van der Waals surface area (Å²) < 4.78 is 5.26. The highest BCUT2D eigenvalue weighted by Crippen LogP contribution is 2.25. The predicted octanol–water partition coefficient (Wildman–Crippen LogP) is -0.385. The number of amides is 1. The summed E-state index contributed by atoms with van der Waals surface area (Å²) in [5.74, 6) is -0.604. The van der Waals surface area contributed by atoms with Crippen molar-refractivity contribution in [2.75, 3.05) is 13.6 Å². The number of esters is 1. The summed E-state index contributed by atoms with van der Waals surface area (Å²) in [4.78, 5) is 27.7. The maximum Gasteiger partial charge on any atom is 0.320 e. The molecule has 0 aromatic heterocycles. The topological polar surface area (TPSA) is 145 Å². The first-order valence-corrected chi connectivity index (χ1v) is 9.16. The molecule has 2 aliphatic rings. The molecule has 0 aromatic rings. The van der Waals surface area contributed by atoms with E-state index < -0.39 is 28.9 Å². The second-order valence-corrected chi connectivity index (χ2v) is 8.06. The molecule has 0 saturated heterocycles. The average molecular weight is 395 g/mol. The highest BCUT2D eigenvalue weighted by molar-refractivity contribution is 8.14. The minimum absolute atomic E-state index is 0.0767. The molecule has 2 heterocycles. The first-order valence-electron chi connectivity index (χ1n) is 8.28. The molecule has 0 radical (unpaired) electrons. The van der Waals surface area contributed by atoms with Crippen molar-refractivity contribution in [3.63, 3.8) is 0 Å². The number of nitrogens with one attached hydrogen (secondary N) is 4. The molecule has 0 saturated carbocycles. The third kappa shape index (κ3) is 6.29. The smallest absolute Gasteiger partial charge is 0.320 e. The van der Waals surface area contributed by atoms with Gasteiger partial charge in [-0.2, -0.15) is 0 Å². The first-order chi connectivity index (χ1) is 12.5. The third-order valence-electron chi connectivity index (χ3n) is 3.32. The number of thioether (sulfide) groups is 1. The number of carbonyl (C=O) groups is 2. The lowest BCUT2D eigenvalue weighted by atomic mass is 10.1. The molecule has 10 nitrogen and oxygen atoms in total. The lowest BCUT2D eigenvalue weighted by Crippen LogP contribution is -2.45. The van der Waals surface area contributed by atoms with Gasteiger partial charge in [0.15, 0.2) is 5.17 Å². The second kappa shape index (κ2) is 8.44. The standard InChI is InChI=1S/C16H25N7O3S/c1-16(2,3)26-10(24)8-19-14-12(11(17)13(18)25)21-15(27-14)20-9-6-5-7-23(4)22-9/h5-7,12,14,17,19,22H,8H2,1-4H3,(H2,18,25)(H,20,21). The zero-order chi connectivity index (χ0) is 20.2. The summed E-state index contributed by atoms with van der Waals surface area (Å²) in [6, 6.07) is -0.810. The van der Waals surface area contributed by atoms with E-state index in [9.17, 15) is 9.59 Å². The van der Waals surface area contributed by atoms with E-state index in [0.717, 1.165) is 0 Å². The number of hydrazine groups is 1. The van der Waals surface area contributed by atoms with Gasteiger partial charge in [0, 0.05) is 13.2 Å². The molecule has 0 bridgehead atoms. The second-order valence-electron chi connectivity index (χ2n) is 6.93. The molecule has 1 amide bonds. The number of allylic oxidation sites excluding steroid dienone is 2. The lowest BCUT2D eigenvalue weighted by Gasteiger charge is -2.23. The molecular formula is C16H25N7O3S. The van der Waals surface area contributed by atoms with Crippen molar-refractivity contribution in [1.29, 1.82) is 5.41 Å². The molecule has 27 heavy (non-hydrogen) atoms. The van der Waals surface area contributed by atoms with Crippen LogP contribution in [0.1, 0.15) is 20.8 Å². The Kier molecular flexibility index (Phi) is 6.50. The van der Waals surface area contributed by atoms with Crippen LogP contribution >= 0.6 is 11.8 Å². The Bertz CT molecular complexity index is 711. The van der Waals surface area contributed by atoms with E-state index in [1.807, 2.05) is 25.4 Å². The normalized spacial score (nSPS) is 21.9. The van der Waals surface area contributed by atoms with Crippen molar-refractivity contribution in [3.05, 3.63) is 24.2 Å². The van der Waals surface area contributed by atoms with Crippen LogP contribution in [-0.2, 0) is 14.3 Å². The summed E-state index contributed by atoms with van der Waals surface area (Å²) in [7, 11) is 1.84. The van der Waals surface area contributed by atoms with Gasteiger partial charge >= 0.3 is 5.97 Å². The molecule has 2 aliphatic heterocycles. The van der Waals surface area contributed by atoms with Crippen molar-refractivity contribution >= 4 is 34.5 Å². The molecule has 2 rings (SSSR count). The largest absolute Gasteiger partial charge is 0.459 e. The molecule has 0 aromatic carbocycles. The monoisotopic (exact) mass is 395 g/mol. The van der Waals surface area contributed by atoms with Crippen LogP contribution in [0.25, 0.3) is 0 Å². The van der Waals surface area contributed by atoms with Gasteiger partial charge in [0.05, 0.1) is 11.9 Å². The average Bonchev–Trinajstić information content (AvgIpc) is 2.93. The number of hydrogen-bond acceptors (Lipinski definition) is 10. The van der Waals surface area contributed by atoms with E-state index in [1.165, 1.54) is 11.8 Å². The van der Waals surface area contributed by atoms with Crippen molar-refractivity contribution < 1.29 is 14.3 Å². The Morgan fingerprint density at radius 2 is 2.19 bits per heavy atom. The maximum absolute atomic E-state index is 11.9. The van der Waals surface area contributed by atoms with Crippen LogP contribution in [-0.4, -0.2) is 58.4 Å². The molecule has 0 aliphatic carbocycles. The first kappa shape index (κ1) is 20.8. The van der Waals surface area contributed by atoms with E-state index in [-0.39, 0.29) is 12.3 Å². The minimum Gasteiger partial charge on any atom is -0.459 e. The molecular weight excluding hydrogens is 370 g/mol. The molecule has 148 valence electrons. The number of carbonyl (C=O) groups excluding carboxylic acids is 2. The van der Waals surface area contributed by atoms with Gasteiger partial charge in [-0.25, -0.2) is 4.99 Å². The number of amidine groups is 1. The van der Waals surface area contributed by atoms with Gasteiger partial charge in [-0.15, -0.1) is 0 Å². The number of nitrogens with zero attached hydrogens (tertiary/aromatic N) is 2. The van der Waals surface area contributed by atoms with Gasteiger partial charge in [-0.3, -0.25) is 30.7 Å². The van der Waals surface area contributed by atoms with Crippen LogP contribution in [0.2, 0.25) is 0 Å². The number of rotatable bonds is 6. The summed E-state index contributed by atoms with van der Waals surface area (Å²) in [5, 5.41) is 15.7. The highest BCUT2D eigenvalue weighted by atomic mass is 32.2. The van der Waals surface area contributed by atoms with Gasteiger partial charge in [0.1, 0.15) is 23.2 Å². The number of nitrogens with two attached hydrogens (primary N) is 1. The summed E-state index contributed by atoms with van der Waals surface area (Å²) in [5.41, 5.74) is 7.38. The molecule has 2 atom stereocenters. The SMILES string of the molecule is CN1C=CC=C(NC2=NC(C(=N)C(N)=O)C(NCC(=O)OC(C)(C)C)S2)N1. The van der Waals surface area contributed by atoms with Gasteiger partial charge in [-0.1, -0.05) is 11.8 Å². The Morgan fingerprint density at radius 3 is 2.78 bits per heavy atom. The zero-order valence-electron chi connectivity index (χ0n) is 15.7. The summed E-state index contributed by atoms with van der Waals surface area (Å²) >= 11 is 1.27. The van der Waals surface area contributed by atoms with Crippen LogP contribution in [0, 0.1) is 5.41 Å². The van der Waals surface area contributed by atoms with E-state index in [0.29, 0.717) is 11.0 Å². The van der Waals surface area contributed by atoms with Gasteiger partial charge in [-0.05, 0) is 32.9 Å². The van der Waals surface area contributed by atoms with Gasteiger partial charge in [0.25, 0.3) is 5.91 Å². The number of ether oxygens (including phenoxy) is 1. The zero-order valence-corrected chi connectivity index (χ0v) is 16.5. The molecule has 11 heteroatoms. The van der Waals surface area contributed by atoms with Crippen LogP contribution in [0.4, 0.5) is 0 Å².